The van der Waals surface area contributed by atoms with Crippen LogP contribution in [0.5, 0.6) is 0 Å². The van der Waals surface area contributed by atoms with Gasteiger partial charge in [-0.15, -0.1) is 0 Å². The zero-order valence-corrected chi connectivity index (χ0v) is 19.6. The fraction of sp³-hybridized carbons (Fsp3) is 0.385. The van der Waals surface area contributed by atoms with E-state index in [0.29, 0.717) is 44.8 Å². The molecule has 1 atom stereocenters. The number of likely N-dealkylation sites (N-methyl/N-ethyl adjacent to an activating group) is 1. The molecule has 172 valence electrons. The van der Waals surface area contributed by atoms with Crippen molar-refractivity contribution in [1.82, 2.24) is 24.6 Å². The molecule has 7 heteroatoms. The Labute approximate surface area is 195 Å². The van der Waals surface area contributed by atoms with Gasteiger partial charge in [0.1, 0.15) is 17.7 Å². The standard InChI is InChI=1S/C26H31N5O2/c1-4-29-16-17-30(25(32)14-15-31-20(3)27-19(2)28-31)24(26(29)33)18-22-12-8-9-13-23(22)21-10-6-5-7-11-21/h5-13,24H,4,14-18H2,1-3H3/t24-/m0/s1. The lowest BCUT2D eigenvalue weighted by atomic mass is 9.93. The predicted octanol–water partition coefficient (Wildman–Crippen LogP) is 3.25. The van der Waals surface area contributed by atoms with Crippen LogP contribution >= 0.6 is 0 Å². The van der Waals surface area contributed by atoms with Crippen molar-refractivity contribution in [2.45, 2.75) is 46.2 Å². The van der Waals surface area contributed by atoms with Crippen LogP contribution in [-0.4, -0.2) is 62.1 Å². The quantitative estimate of drug-likeness (QED) is 0.560. The lowest BCUT2D eigenvalue weighted by Crippen LogP contribution is -2.59. The molecule has 7 nitrogen and oxygen atoms in total. The minimum absolute atomic E-state index is 0.0196. The maximum absolute atomic E-state index is 13.4. The minimum atomic E-state index is -0.505. The summed E-state index contributed by atoms with van der Waals surface area (Å²) < 4.78 is 1.76. The zero-order valence-electron chi connectivity index (χ0n) is 19.6. The molecule has 2 aromatic carbocycles. The summed E-state index contributed by atoms with van der Waals surface area (Å²) in [6.07, 6.45) is 0.785. The van der Waals surface area contributed by atoms with Crippen LogP contribution in [0.4, 0.5) is 0 Å². The Bertz CT molecular complexity index is 1120. The molecule has 0 N–H and O–H groups in total. The molecule has 0 bridgehead atoms. The van der Waals surface area contributed by atoms with E-state index in [2.05, 4.69) is 34.3 Å². The van der Waals surface area contributed by atoms with Crippen LogP contribution in [0.25, 0.3) is 11.1 Å². The Balaban J connectivity index is 1.57. The van der Waals surface area contributed by atoms with Crippen molar-refractivity contribution in [3.63, 3.8) is 0 Å². The van der Waals surface area contributed by atoms with Gasteiger partial charge in [0.25, 0.3) is 0 Å². The van der Waals surface area contributed by atoms with E-state index in [4.69, 9.17) is 0 Å². The smallest absolute Gasteiger partial charge is 0.245 e. The van der Waals surface area contributed by atoms with Gasteiger partial charge >= 0.3 is 0 Å². The summed E-state index contributed by atoms with van der Waals surface area (Å²) in [7, 11) is 0. The topological polar surface area (TPSA) is 71.3 Å². The summed E-state index contributed by atoms with van der Waals surface area (Å²) in [5.74, 6) is 1.49. The third kappa shape index (κ3) is 4.97. The highest BCUT2D eigenvalue weighted by atomic mass is 16.2. The number of rotatable bonds is 7. The van der Waals surface area contributed by atoms with Gasteiger partial charge in [-0.3, -0.25) is 9.59 Å². The van der Waals surface area contributed by atoms with E-state index in [1.54, 1.807) is 9.58 Å². The second kappa shape index (κ2) is 9.98. The van der Waals surface area contributed by atoms with E-state index in [9.17, 15) is 9.59 Å². The maximum atomic E-state index is 13.4. The highest BCUT2D eigenvalue weighted by molar-refractivity contribution is 5.89. The van der Waals surface area contributed by atoms with Crippen LogP contribution < -0.4 is 0 Å². The van der Waals surface area contributed by atoms with E-state index < -0.39 is 6.04 Å². The number of amides is 2. The Kier molecular flexibility index (Phi) is 6.87. The molecule has 3 aromatic rings. The number of aryl methyl sites for hydroxylation is 3. The molecule has 4 rings (SSSR count). The van der Waals surface area contributed by atoms with Crippen molar-refractivity contribution in [2.75, 3.05) is 19.6 Å². The molecule has 2 amide bonds. The van der Waals surface area contributed by atoms with Gasteiger partial charge in [-0.2, -0.15) is 5.10 Å². The second-order valence-electron chi connectivity index (χ2n) is 8.43. The molecule has 0 unspecified atom stereocenters. The van der Waals surface area contributed by atoms with Crippen molar-refractivity contribution in [2.24, 2.45) is 0 Å². The number of hydrogen-bond acceptors (Lipinski definition) is 4. The van der Waals surface area contributed by atoms with Gasteiger partial charge in [-0.05, 0) is 37.5 Å². The van der Waals surface area contributed by atoms with Crippen LogP contribution in [0.1, 0.15) is 30.6 Å². The Morgan fingerprint density at radius 1 is 1.03 bits per heavy atom. The molecule has 0 aliphatic carbocycles. The summed E-state index contributed by atoms with van der Waals surface area (Å²) in [4.78, 5) is 34.6. The van der Waals surface area contributed by atoms with E-state index in [1.165, 1.54) is 0 Å². The van der Waals surface area contributed by atoms with Gasteiger partial charge in [-0.1, -0.05) is 54.6 Å². The number of nitrogens with zero attached hydrogens (tertiary/aromatic N) is 5. The molecule has 0 radical (unpaired) electrons. The summed E-state index contributed by atoms with van der Waals surface area (Å²) in [5, 5.41) is 4.36. The molecule has 0 saturated carbocycles. The molecular weight excluding hydrogens is 414 g/mol. The fourth-order valence-electron chi connectivity index (χ4n) is 4.57. The van der Waals surface area contributed by atoms with Crippen molar-refractivity contribution in [3.8, 4) is 11.1 Å². The average molecular weight is 446 g/mol. The molecule has 1 aliphatic rings. The second-order valence-corrected chi connectivity index (χ2v) is 8.43. The van der Waals surface area contributed by atoms with Gasteiger partial charge in [0.05, 0.1) is 6.54 Å². The highest BCUT2D eigenvalue weighted by Gasteiger charge is 2.37. The van der Waals surface area contributed by atoms with Crippen molar-refractivity contribution < 1.29 is 9.59 Å². The zero-order chi connectivity index (χ0) is 23.4. The molecule has 33 heavy (non-hydrogen) atoms. The van der Waals surface area contributed by atoms with Gasteiger partial charge in [0.15, 0.2) is 0 Å². The largest absolute Gasteiger partial charge is 0.339 e. The first-order valence-electron chi connectivity index (χ1n) is 11.6. The first kappa shape index (κ1) is 22.7. The molecule has 1 aliphatic heterocycles. The van der Waals surface area contributed by atoms with Crippen LogP contribution in [0.15, 0.2) is 54.6 Å². The molecule has 2 heterocycles. The predicted molar refractivity (Wildman–Crippen MR) is 127 cm³/mol. The lowest BCUT2D eigenvalue weighted by Gasteiger charge is -2.40. The summed E-state index contributed by atoms with van der Waals surface area (Å²) in [5.41, 5.74) is 3.28. The first-order chi connectivity index (χ1) is 16.0. The van der Waals surface area contributed by atoms with E-state index in [1.807, 2.05) is 56.0 Å². The third-order valence-electron chi connectivity index (χ3n) is 6.30. The third-order valence-corrected chi connectivity index (χ3v) is 6.30. The van der Waals surface area contributed by atoms with Crippen molar-refractivity contribution >= 4 is 11.8 Å². The van der Waals surface area contributed by atoms with Gasteiger partial charge < -0.3 is 9.80 Å². The molecule has 1 aromatic heterocycles. The average Bonchev–Trinajstić information content (AvgIpc) is 3.16. The number of carbonyl (C=O) groups is 2. The highest BCUT2D eigenvalue weighted by Crippen LogP contribution is 2.27. The van der Waals surface area contributed by atoms with E-state index in [-0.39, 0.29) is 11.8 Å². The van der Waals surface area contributed by atoms with Crippen LogP contribution in [0, 0.1) is 13.8 Å². The van der Waals surface area contributed by atoms with E-state index >= 15 is 0 Å². The van der Waals surface area contributed by atoms with E-state index in [0.717, 1.165) is 22.5 Å². The number of piperazine rings is 1. The Morgan fingerprint density at radius 2 is 1.76 bits per heavy atom. The van der Waals surface area contributed by atoms with Crippen molar-refractivity contribution in [1.29, 1.82) is 0 Å². The fourth-order valence-corrected chi connectivity index (χ4v) is 4.57. The number of benzene rings is 2. The van der Waals surface area contributed by atoms with Crippen LogP contribution in [0.2, 0.25) is 0 Å². The Morgan fingerprint density at radius 3 is 2.45 bits per heavy atom. The van der Waals surface area contributed by atoms with Crippen LogP contribution in [0.3, 0.4) is 0 Å². The normalized spacial score (nSPS) is 16.3. The maximum Gasteiger partial charge on any atom is 0.245 e. The van der Waals surface area contributed by atoms with Gasteiger partial charge in [0.2, 0.25) is 11.8 Å². The van der Waals surface area contributed by atoms with Crippen LogP contribution in [-0.2, 0) is 22.6 Å². The molecule has 1 saturated heterocycles. The molecule has 0 spiro atoms. The Hall–Kier alpha value is -3.48. The molecule has 1 fully saturated rings. The van der Waals surface area contributed by atoms with Crippen molar-refractivity contribution in [3.05, 3.63) is 71.8 Å². The molecular formula is C26H31N5O2. The van der Waals surface area contributed by atoms with Gasteiger partial charge in [0, 0.05) is 32.5 Å². The minimum Gasteiger partial charge on any atom is -0.339 e. The summed E-state index contributed by atoms with van der Waals surface area (Å²) >= 11 is 0. The number of aromatic nitrogens is 3. The lowest BCUT2D eigenvalue weighted by molar-refractivity contribution is -0.151. The summed E-state index contributed by atoms with van der Waals surface area (Å²) in [6.45, 7) is 7.94. The van der Waals surface area contributed by atoms with Gasteiger partial charge in [-0.25, -0.2) is 9.67 Å². The first-order valence-corrected chi connectivity index (χ1v) is 11.6. The monoisotopic (exact) mass is 445 g/mol. The number of hydrogen-bond donors (Lipinski definition) is 0. The SMILES string of the molecule is CCN1CCN(C(=O)CCn2nc(C)nc2C)[C@@H](Cc2ccccc2-c2ccccc2)C1=O. The number of carbonyl (C=O) groups excluding carboxylic acids is 2. The summed E-state index contributed by atoms with van der Waals surface area (Å²) in [6, 6.07) is 17.8.